The number of fused-ring (bicyclic) bond motifs is 3. The summed E-state index contributed by atoms with van der Waals surface area (Å²) in [6.45, 7) is -2.18. The molecule has 2 atom stereocenters. The van der Waals surface area contributed by atoms with Crippen LogP contribution in [0.3, 0.4) is 0 Å². The molecule has 128 valence electrons. The highest BCUT2D eigenvalue weighted by Gasteiger charge is 2.53. The normalized spacial score (nSPS) is 25.1. The van der Waals surface area contributed by atoms with Gasteiger partial charge in [0.1, 0.15) is 17.6 Å². The standard InChI is InChI=1S/C13H13F3N6O2/c14-12(15)24-9-3-7(21-22-9)19-8-4-18-10-11(20-8)23-6-1-2-17-5-13(6,10)16/h3-4,6,12,17H,1-2,5H2,(H2,19,20,21,22)/t6?,13-/m1/s1. The average Bonchev–Trinajstić information content (AvgIpc) is 3.08. The predicted molar refractivity (Wildman–Crippen MR) is 75.2 cm³/mol. The van der Waals surface area contributed by atoms with Crippen molar-refractivity contribution in [3.05, 3.63) is 18.0 Å². The number of anilines is 2. The topological polar surface area (TPSA) is 97.0 Å². The number of aromatic amines is 1. The second kappa shape index (κ2) is 5.51. The zero-order valence-electron chi connectivity index (χ0n) is 12.2. The van der Waals surface area contributed by atoms with Crippen molar-refractivity contribution in [2.45, 2.75) is 24.8 Å². The Hall–Kier alpha value is -2.56. The molecule has 0 radical (unpaired) electrons. The molecule has 1 saturated heterocycles. The first kappa shape index (κ1) is 15.0. The maximum Gasteiger partial charge on any atom is 0.388 e. The highest BCUT2D eigenvalue weighted by atomic mass is 19.3. The zero-order chi connectivity index (χ0) is 16.7. The molecular weight excluding hydrogens is 329 g/mol. The van der Waals surface area contributed by atoms with E-state index in [1.807, 2.05) is 0 Å². The molecule has 2 aromatic rings. The second-order valence-corrected chi connectivity index (χ2v) is 5.47. The predicted octanol–water partition coefficient (Wildman–Crippen LogP) is 1.46. The Morgan fingerprint density at radius 1 is 1.46 bits per heavy atom. The Balaban J connectivity index is 1.53. The van der Waals surface area contributed by atoms with E-state index >= 15 is 4.39 Å². The van der Waals surface area contributed by atoms with Crippen LogP contribution in [0.4, 0.5) is 24.8 Å². The molecule has 4 heterocycles. The molecule has 2 aliphatic rings. The molecule has 24 heavy (non-hydrogen) atoms. The molecule has 2 aromatic heterocycles. The SMILES string of the molecule is FC(F)Oc1cc(Nc2cnc3c(n2)OC2CCNC[C@]32F)[nH]n1. The van der Waals surface area contributed by atoms with E-state index in [0.717, 1.165) is 0 Å². The summed E-state index contributed by atoms with van der Waals surface area (Å²) in [5, 5.41) is 11.8. The summed E-state index contributed by atoms with van der Waals surface area (Å²) in [4.78, 5) is 8.30. The van der Waals surface area contributed by atoms with Crippen molar-refractivity contribution in [1.29, 1.82) is 0 Å². The second-order valence-electron chi connectivity index (χ2n) is 5.47. The van der Waals surface area contributed by atoms with Crippen LogP contribution < -0.4 is 20.1 Å². The molecule has 4 rings (SSSR count). The third-order valence-electron chi connectivity index (χ3n) is 3.89. The molecular formula is C13H13F3N6O2. The van der Waals surface area contributed by atoms with Crippen molar-refractivity contribution < 1.29 is 22.6 Å². The highest BCUT2D eigenvalue weighted by Crippen LogP contribution is 2.44. The molecule has 8 nitrogen and oxygen atoms in total. The van der Waals surface area contributed by atoms with Crippen LogP contribution in [0.15, 0.2) is 12.3 Å². The molecule has 1 fully saturated rings. The van der Waals surface area contributed by atoms with Crippen LogP contribution >= 0.6 is 0 Å². The van der Waals surface area contributed by atoms with Crippen LogP contribution in [0.2, 0.25) is 0 Å². The summed E-state index contributed by atoms with van der Waals surface area (Å²) >= 11 is 0. The largest absolute Gasteiger partial charge is 0.469 e. The Morgan fingerprint density at radius 3 is 3.17 bits per heavy atom. The molecule has 3 N–H and O–H groups in total. The monoisotopic (exact) mass is 342 g/mol. The van der Waals surface area contributed by atoms with E-state index < -0.39 is 18.4 Å². The Labute approximate surface area is 133 Å². The van der Waals surface area contributed by atoms with Gasteiger partial charge in [-0.1, -0.05) is 0 Å². The van der Waals surface area contributed by atoms with Gasteiger partial charge in [0.15, 0.2) is 5.82 Å². The molecule has 0 aliphatic carbocycles. The number of nitrogens with one attached hydrogen (secondary N) is 3. The minimum atomic E-state index is -2.97. The summed E-state index contributed by atoms with van der Waals surface area (Å²) in [7, 11) is 0. The third-order valence-corrected chi connectivity index (χ3v) is 3.89. The van der Waals surface area contributed by atoms with Crippen molar-refractivity contribution in [2.24, 2.45) is 0 Å². The minimum absolute atomic E-state index is 0.125. The van der Waals surface area contributed by atoms with Gasteiger partial charge in [-0.05, 0) is 6.54 Å². The lowest BCUT2D eigenvalue weighted by Crippen LogP contribution is -2.49. The molecule has 0 aromatic carbocycles. The summed E-state index contributed by atoms with van der Waals surface area (Å²) in [5.41, 5.74) is -1.53. The van der Waals surface area contributed by atoms with Gasteiger partial charge in [0.25, 0.3) is 0 Å². The van der Waals surface area contributed by atoms with Crippen LogP contribution in [0.5, 0.6) is 11.8 Å². The quantitative estimate of drug-likeness (QED) is 0.774. The van der Waals surface area contributed by atoms with Crippen LogP contribution in [0.1, 0.15) is 12.1 Å². The maximum absolute atomic E-state index is 15.0. The number of rotatable bonds is 4. The highest BCUT2D eigenvalue weighted by molar-refractivity contribution is 5.53. The van der Waals surface area contributed by atoms with E-state index in [4.69, 9.17) is 4.74 Å². The van der Waals surface area contributed by atoms with Crippen molar-refractivity contribution in [3.8, 4) is 11.8 Å². The first-order valence-corrected chi connectivity index (χ1v) is 7.25. The Bertz CT molecular complexity index is 757. The van der Waals surface area contributed by atoms with E-state index in [1.54, 1.807) is 0 Å². The molecule has 2 aliphatic heterocycles. The molecule has 0 bridgehead atoms. The van der Waals surface area contributed by atoms with Gasteiger partial charge in [-0.2, -0.15) is 13.8 Å². The first-order chi connectivity index (χ1) is 11.5. The van der Waals surface area contributed by atoms with Crippen molar-refractivity contribution in [2.75, 3.05) is 18.4 Å². The number of ether oxygens (including phenoxy) is 2. The van der Waals surface area contributed by atoms with Gasteiger partial charge in [-0.3, -0.25) is 5.10 Å². The summed E-state index contributed by atoms with van der Waals surface area (Å²) in [6, 6.07) is 1.24. The number of aromatic nitrogens is 4. The van der Waals surface area contributed by atoms with E-state index in [-0.39, 0.29) is 35.6 Å². The molecule has 1 unspecified atom stereocenters. The maximum atomic E-state index is 15.0. The van der Waals surface area contributed by atoms with Crippen LogP contribution in [0.25, 0.3) is 0 Å². The fraction of sp³-hybridized carbons (Fsp3) is 0.462. The minimum Gasteiger partial charge on any atom is -0.469 e. The third kappa shape index (κ3) is 2.50. The fourth-order valence-corrected chi connectivity index (χ4v) is 2.83. The van der Waals surface area contributed by atoms with E-state index in [9.17, 15) is 8.78 Å². The molecule has 11 heteroatoms. The first-order valence-electron chi connectivity index (χ1n) is 7.25. The number of halogens is 3. The number of hydrogen-bond acceptors (Lipinski definition) is 7. The molecule has 0 amide bonds. The fourth-order valence-electron chi connectivity index (χ4n) is 2.83. The van der Waals surface area contributed by atoms with Gasteiger partial charge in [0.2, 0.25) is 17.4 Å². The van der Waals surface area contributed by atoms with Gasteiger partial charge in [0, 0.05) is 19.0 Å². The lowest BCUT2D eigenvalue weighted by molar-refractivity contribution is -0.0528. The van der Waals surface area contributed by atoms with Crippen LogP contribution in [-0.4, -0.2) is 46.0 Å². The van der Waals surface area contributed by atoms with Gasteiger partial charge in [-0.25, -0.2) is 9.37 Å². The van der Waals surface area contributed by atoms with Crippen molar-refractivity contribution >= 4 is 11.6 Å². The van der Waals surface area contributed by atoms with Gasteiger partial charge in [-0.15, -0.1) is 5.10 Å². The molecule has 0 spiro atoms. The Morgan fingerprint density at radius 2 is 2.33 bits per heavy atom. The van der Waals surface area contributed by atoms with Gasteiger partial charge < -0.3 is 20.1 Å². The number of piperidine rings is 1. The lowest BCUT2D eigenvalue weighted by atomic mass is 9.91. The van der Waals surface area contributed by atoms with Crippen molar-refractivity contribution in [1.82, 2.24) is 25.5 Å². The zero-order valence-corrected chi connectivity index (χ0v) is 12.2. The van der Waals surface area contributed by atoms with Crippen molar-refractivity contribution in [3.63, 3.8) is 0 Å². The number of nitrogens with zero attached hydrogens (tertiary/aromatic N) is 3. The summed E-state index contributed by atoms with van der Waals surface area (Å²) < 4.78 is 49.0. The summed E-state index contributed by atoms with van der Waals surface area (Å²) in [6.07, 6.45) is 1.25. The molecule has 0 saturated carbocycles. The number of hydrogen-bond donors (Lipinski definition) is 3. The van der Waals surface area contributed by atoms with Gasteiger partial charge >= 0.3 is 6.61 Å². The van der Waals surface area contributed by atoms with Gasteiger partial charge in [0.05, 0.1) is 6.20 Å². The van der Waals surface area contributed by atoms with E-state index in [2.05, 4.69) is 35.5 Å². The van der Waals surface area contributed by atoms with E-state index in [0.29, 0.717) is 13.0 Å². The Kier molecular flexibility index (Phi) is 3.44. The van der Waals surface area contributed by atoms with Crippen LogP contribution in [-0.2, 0) is 5.67 Å². The number of alkyl halides is 3. The number of H-pyrrole nitrogens is 1. The van der Waals surface area contributed by atoms with E-state index in [1.165, 1.54) is 12.3 Å². The lowest BCUT2D eigenvalue weighted by Gasteiger charge is -2.30. The van der Waals surface area contributed by atoms with Crippen LogP contribution in [0, 0.1) is 0 Å². The summed E-state index contributed by atoms with van der Waals surface area (Å²) in [5.74, 6) is 0.389. The smallest absolute Gasteiger partial charge is 0.388 e. The average molecular weight is 342 g/mol.